The van der Waals surface area contributed by atoms with Crippen LogP contribution in [0.2, 0.25) is 0 Å². The van der Waals surface area contributed by atoms with E-state index in [0.29, 0.717) is 19.5 Å². The van der Waals surface area contributed by atoms with Crippen molar-refractivity contribution in [3.8, 4) is 0 Å². The zero-order valence-electron chi connectivity index (χ0n) is 8.56. The molecule has 0 aromatic heterocycles. The van der Waals surface area contributed by atoms with E-state index in [-0.39, 0.29) is 6.03 Å². The summed E-state index contributed by atoms with van der Waals surface area (Å²) < 4.78 is 0. The van der Waals surface area contributed by atoms with Crippen LogP contribution in [-0.2, 0) is 4.79 Å². The molecule has 80 valence electrons. The van der Waals surface area contributed by atoms with Crippen LogP contribution in [-0.4, -0.2) is 53.1 Å². The minimum atomic E-state index is -0.902. The Morgan fingerprint density at radius 2 is 2.21 bits per heavy atom. The van der Waals surface area contributed by atoms with Crippen LogP contribution in [0.4, 0.5) is 4.79 Å². The van der Waals surface area contributed by atoms with E-state index in [0.717, 1.165) is 6.42 Å². The minimum Gasteiger partial charge on any atom is -0.480 e. The molecule has 14 heavy (non-hydrogen) atoms. The molecule has 1 aliphatic heterocycles. The highest BCUT2D eigenvalue weighted by Gasteiger charge is 2.34. The smallest absolute Gasteiger partial charge is 0.326 e. The summed E-state index contributed by atoms with van der Waals surface area (Å²) in [4.78, 5) is 25.5. The van der Waals surface area contributed by atoms with E-state index in [1.807, 2.05) is 6.92 Å². The number of carboxylic acids is 1. The average molecular weight is 200 g/mol. The molecular formula is C9H16N2O3. The number of aliphatic carboxylic acids is 1. The number of rotatable bonds is 2. The van der Waals surface area contributed by atoms with Crippen molar-refractivity contribution in [1.29, 1.82) is 0 Å². The Labute approximate surface area is 83.3 Å². The summed E-state index contributed by atoms with van der Waals surface area (Å²) in [5.74, 6) is -0.902. The van der Waals surface area contributed by atoms with Crippen LogP contribution in [0.3, 0.4) is 0 Å². The molecule has 0 bridgehead atoms. The Bertz CT molecular complexity index is 242. The predicted octanol–water partition coefficient (Wildman–Crippen LogP) is 0.607. The minimum absolute atomic E-state index is 0.183. The SMILES string of the molecule is CCN(C)C(=O)N1CCC[C@@H]1C(=O)O. The maximum atomic E-state index is 11.7. The van der Waals surface area contributed by atoms with E-state index >= 15 is 0 Å². The molecule has 1 heterocycles. The zero-order valence-corrected chi connectivity index (χ0v) is 8.56. The number of hydrogen-bond acceptors (Lipinski definition) is 2. The van der Waals surface area contributed by atoms with Gasteiger partial charge in [0, 0.05) is 20.1 Å². The number of likely N-dealkylation sites (tertiary alicyclic amines) is 1. The maximum Gasteiger partial charge on any atom is 0.326 e. The summed E-state index contributed by atoms with van der Waals surface area (Å²) in [6.07, 6.45) is 1.35. The van der Waals surface area contributed by atoms with Crippen molar-refractivity contribution in [2.45, 2.75) is 25.8 Å². The first kappa shape index (κ1) is 10.8. The van der Waals surface area contributed by atoms with Crippen molar-refractivity contribution in [3.63, 3.8) is 0 Å². The number of carbonyl (C=O) groups is 2. The van der Waals surface area contributed by atoms with Crippen LogP contribution in [0, 0.1) is 0 Å². The van der Waals surface area contributed by atoms with Gasteiger partial charge in [0.15, 0.2) is 0 Å². The van der Waals surface area contributed by atoms with Crippen LogP contribution >= 0.6 is 0 Å². The third-order valence-corrected chi connectivity index (χ3v) is 2.58. The van der Waals surface area contributed by atoms with Crippen molar-refractivity contribution in [2.75, 3.05) is 20.1 Å². The van der Waals surface area contributed by atoms with Gasteiger partial charge in [0.25, 0.3) is 0 Å². The monoisotopic (exact) mass is 200 g/mol. The molecule has 0 radical (unpaired) electrons. The van der Waals surface area contributed by atoms with Crippen molar-refractivity contribution < 1.29 is 14.7 Å². The summed E-state index contributed by atoms with van der Waals surface area (Å²) in [6.45, 7) is 3.02. The standard InChI is InChI=1S/C9H16N2O3/c1-3-10(2)9(14)11-6-4-5-7(11)8(12)13/h7H,3-6H2,1-2H3,(H,12,13)/t7-/m1/s1. The number of carboxylic acid groups (broad SMARTS) is 1. The van der Waals surface area contributed by atoms with E-state index in [2.05, 4.69) is 0 Å². The maximum absolute atomic E-state index is 11.7. The normalized spacial score (nSPS) is 21.0. The molecule has 5 heteroatoms. The lowest BCUT2D eigenvalue weighted by Gasteiger charge is -2.26. The van der Waals surface area contributed by atoms with Crippen molar-refractivity contribution >= 4 is 12.0 Å². The van der Waals surface area contributed by atoms with Crippen molar-refractivity contribution in [1.82, 2.24) is 9.80 Å². The van der Waals surface area contributed by atoms with E-state index in [1.54, 1.807) is 7.05 Å². The molecule has 1 aliphatic rings. The van der Waals surface area contributed by atoms with Gasteiger partial charge in [-0.1, -0.05) is 0 Å². The van der Waals surface area contributed by atoms with Gasteiger partial charge >= 0.3 is 12.0 Å². The van der Waals surface area contributed by atoms with Gasteiger partial charge in [0.05, 0.1) is 0 Å². The highest BCUT2D eigenvalue weighted by molar-refractivity contribution is 5.83. The Hall–Kier alpha value is -1.26. The van der Waals surface area contributed by atoms with Gasteiger partial charge < -0.3 is 14.9 Å². The largest absolute Gasteiger partial charge is 0.480 e. The quantitative estimate of drug-likeness (QED) is 0.710. The van der Waals surface area contributed by atoms with E-state index < -0.39 is 12.0 Å². The summed E-state index contributed by atoms with van der Waals surface area (Å²) in [6, 6.07) is -0.811. The second-order valence-corrected chi connectivity index (χ2v) is 3.49. The van der Waals surface area contributed by atoms with Crippen LogP contribution in [0.1, 0.15) is 19.8 Å². The van der Waals surface area contributed by atoms with Gasteiger partial charge in [-0.25, -0.2) is 9.59 Å². The molecule has 2 amide bonds. The van der Waals surface area contributed by atoms with Gasteiger partial charge in [-0.3, -0.25) is 0 Å². The lowest BCUT2D eigenvalue weighted by atomic mass is 10.2. The molecule has 1 saturated heterocycles. The Morgan fingerprint density at radius 3 is 2.71 bits per heavy atom. The number of amides is 2. The zero-order chi connectivity index (χ0) is 10.7. The topological polar surface area (TPSA) is 60.9 Å². The van der Waals surface area contributed by atoms with Gasteiger partial charge in [-0.05, 0) is 19.8 Å². The molecule has 0 aromatic carbocycles. The summed E-state index contributed by atoms with van der Waals surface area (Å²) in [5.41, 5.74) is 0. The van der Waals surface area contributed by atoms with Crippen LogP contribution in [0.5, 0.6) is 0 Å². The third-order valence-electron chi connectivity index (χ3n) is 2.58. The van der Waals surface area contributed by atoms with Gasteiger partial charge in [0.1, 0.15) is 6.04 Å². The summed E-state index contributed by atoms with van der Waals surface area (Å²) in [5, 5.41) is 8.87. The molecular weight excluding hydrogens is 184 g/mol. The number of urea groups is 1. The lowest BCUT2D eigenvalue weighted by Crippen LogP contribution is -2.46. The molecule has 0 unspecified atom stereocenters. The summed E-state index contributed by atoms with van der Waals surface area (Å²) >= 11 is 0. The summed E-state index contributed by atoms with van der Waals surface area (Å²) in [7, 11) is 1.68. The highest BCUT2D eigenvalue weighted by atomic mass is 16.4. The molecule has 0 aliphatic carbocycles. The second kappa shape index (κ2) is 4.30. The van der Waals surface area contributed by atoms with Crippen molar-refractivity contribution in [2.24, 2.45) is 0 Å². The third kappa shape index (κ3) is 1.97. The molecule has 0 spiro atoms. The average Bonchev–Trinajstić information content (AvgIpc) is 2.63. The molecule has 1 N–H and O–H groups in total. The first-order valence-electron chi connectivity index (χ1n) is 4.82. The van der Waals surface area contributed by atoms with E-state index in [9.17, 15) is 9.59 Å². The first-order chi connectivity index (χ1) is 6.57. The van der Waals surface area contributed by atoms with Crippen LogP contribution in [0.15, 0.2) is 0 Å². The lowest BCUT2D eigenvalue weighted by molar-refractivity contribution is -0.141. The molecule has 1 atom stereocenters. The molecule has 0 saturated carbocycles. The van der Waals surface area contributed by atoms with Crippen LogP contribution < -0.4 is 0 Å². The fraction of sp³-hybridized carbons (Fsp3) is 0.778. The fourth-order valence-electron chi connectivity index (χ4n) is 1.61. The number of nitrogens with zero attached hydrogens (tertiary/aromatic N) is 2. The van der Waals surface area contributed by atoms with Crippen molar-refractivity contribution in [3.05, 3.63) is 0 Å². The predicted molar refractivity (Wildman–Crippen MR) is 51.1 cm³/mol. The number of hydrogen-bond donors (Lipinski definition) is 1. The van der Waals surface area contributed by atoms with Gasteiger partial charge in [-0.2, -0.15) is 0 Å². The van der Waals surface area contributed by atoms with E-state index in [1.165, 1.54) is 9.80 Å². The Balaban J connectivity index is 2.67. The van der Waals surface area contributed by atoms with Gasteiger partial charge in [0.2, 0.25) is 0 Å². The molecule has 5 nitrogen and oxygen atoms in total. The van der Waals surface area contributed by atoms with Gasteiger partial charge in [-0.15, -0.1) is 0 Å². The number of carbonyl (C=O) groups excluding carboxylic acids is 1. The van der Waals surface area contributed by atoms with Crippen LogP contribution in [0.25, 0.3) is 0 Å². The first-order valence-corrected chi connectivity index (χ1v) is 4.82. The molecule has 1 fully saturated rings. The molecule has 0 aromatic rings. The Kier molecular flexibility index (Phi) is 3.33. The second-order valence-electron chi connectivity index (χ2n) is 3.49. The Morgan fingerprint density at radius 1 is 1.57 bits per heavy atom. The fourth-order valence-corrected chi connectivity index (χ4v) is 1.61. The highest BCUT2D eigenvalue weighted by Crippen LogP contribution is 2.18. The molecule has 1 rings (SSSR count). The van der Waals surface area contributed by atoms with E-state index in [4.69, 9.17) is 5.11 Å².